The molecule has 0 bridgehead atoms. The van der Waals surface area contributed by atoms with E-state index in [1.807, 2.05) is 0 Å². The monoisotopic (exact) mass is 474 g/mol. The number of ether oxygens (including phenoxy) is 1. The fourth-order valence-corrected chi connectivity index (χ4v) is 3.47. The maximum Gasteiger partial charge on any atom is 0.279 e. The lowest BCUT2D eigenvalue weighted by molar-refractivity contribution is -0.117. The first-order chi connectivity index (χ1) is 17.0. The Balaban J connectivity index is 1.83. The fraction of sp³-hybridized carbons (Fsp3) is 0.0769. The molecule has 0 fully saturated rings. The Bertz CT molecular complexity index is 1300. The van der Waals surface area contributed by atoms with Crippen LogP contribution >= 0.6 is 0 Å². The van der Waals surface area contributed by atoms with E-state index in [-0.39, 0.29) is 11.4 Å². The van der Waals surface area contributed by atoms with E-state index >= 15 is 0 Å². The number of halogens is 2. The molecule has 0 saturated carbocycles. The highest BCUT2D eigenvalue weighted by molar-refractivity contribution is 6.11. The van der Waals surface area contributed by atoms with Gasteiger partial charge in [0, 0.05) is 23.8 Å². The van der Waals surface area contributed by atoms with Crippen molar-refractivity contribution in [2.24, 2.45) is 0 Å². The van der Waals surface area contributed by atoms with Crippen LogP contribution in [0.2, 0.25) is 0 Å². The van der Waals surface area contributed by atoms with Crippen molar-refractivity contribution in [1.29, 1.82) is 0 Å². The zero-order chi connectivity index (χ0) is 24.8. The average molecular weight is 474 g/mol. The summed E-state index contributed by atoms with van der Waals surface area (Å²) in [6, 6.07) is 15.8. The molecule has 0 aliphatic carbocycles. The van der Waals surface area contributed by atoms with E-state index < -0.39 is 29.5 Å². The quantitative estimate of drug-likeness (QED) is 0.416. The summed E-state index contributed by atoms with van der Waals surface area (Å²) in [5, 5.41) is 2.72. The summed E-state index contributed by atoms with van der Waals surface area (Å²) in [4.78, 5) is 36.5. The van der Waals surface area contributed by atoms with Gasteiger partial charge in [-0.2, -0.15) is 0 Å². The van der Waals surface area contributed by atoms with Gasteiger partial charge in [0.1, 0.15) is 29.1 Å². The van der Waals surface area contributed by atoms with Crippen molar-refractivity contribution in [3.05, 3.63) is 114 Å². The number of rotatable bonds is 7. The molecule has 1 N–H and O–H groups in total. The maximum absolute atomic E-state index is 13.7. The predicted molar refractivity (Wildman–Crippen MR) is 126 cm³/mol. The maximum atomic E-state index is 13.7. The molecular formula is C26H20F2N4O3. The highest BCUT2D eigenvalue weighted by atomic mass is 19.1. The minimum Gasteiger partial charge on any atom is -0.497 e. The molecule has 1 atom stereocenters. The fourth-order valence-electron chi connectivity index (χ4n) is 3.47. The zero-order valence-electron chi connectivity index (χ0n) is 18.6. The third-order valence-electron chi connectivity index (χ3n) is 5.16. The summed E-state index contributed by atoms with van der Waals surface area (Å²) in [5.74, 6) is -1.61. The Morgan fingerprint density at radius 2 is 1.51 bits per heavy atom. The van der Waals surface area contributed by atoms with E-state index in [1.165, 1.54) is 79.1 Å². The van der Waals surface area contributed by atoms with Gasteiger partial charge < -0.3 is 10.1 Å². The van der Waals surface area contributed by atoms with Crippen LogP contribution in [0.15, 0.2) is 91.4 Å². The zero-order valence-corrected chi connectivity index (χ0v) is 18.6. The van der Waals surface area contributed by atoms with Gasteiger partial charge in [-0.05, 0) is 66.2 Å². The van der Waals surface area contributed by atoms with Crippen LogP contribution in [0.4, 0.5) is 20.2 Å². The molecule has 4 aromatic rings. The van der Waals surface area contributed by atoms with Gasteiger partial charge in [-0.1, -0.05) is 12.1 Å². The number of hydrogen-bond donors (Lipinski definition) is 1. The molecule has 7 nitrogen and oxygen atoms in total. The van der Waals surface area contributed by atoms with Crippen LogP contribution in [0.5, 0.6) is 5.75 Å². The van der Waals surface area contributed by atoms with Crippen LogP contribution < -0.4 is 15.0 Å². The third kappa shape index (κ3) is 5.47. The summed E-state index contributed by atoms with van der Waals surface area (Å²) in [5.41, 5.74) is 1.04. The van der Waals surface area contributed by atoms with E-state index in [0.29, 0.717) is 17.0 Å². The van der Waals surface area contributed by atoms with Crippen LogP contribution in [0.3, 0.4) is 0 Å². The predicted octanol–water partition coefficient (Wildman–Crippen LogP) is 4.79. The Hall–Kier alpha value is -4.66. The lowest BCUT2D eigenvalue weighted by Gasteiger charge is -2.31. The van der Waals surface area contributed by atoms with Crippen LogP contribution in [-0.2, 0) is 4.79 Å². The largest absolute Gasteiger partial charge is 0.497 e. The number of anilines is 2. The Labute approximate surface area is 200 Å². The van der Waals surface area contributed by atoms with Crippen molar-refractivity contribution in [3.8, 4) is 5.75 Å². The smallest absolute Gasteiger partial charge is 0.279 e. The first kappa shape index (κ1) is 23.5. The second kappa shape index (κ2) is 10.5. The molecule has 35 heavy (non-hydrogen) atoms. The molecule has 2 amide bonds. The molecule has 1 aromatic heterocycles. The molecule has 0 aliphatic rings. The molecule has 4 rings (SSSR count). The minimum absolute atomic E-state index is 0.00933. The van der Waals surface area contributed by atoms with E-state index in [4.69, 9.17) is 4.74 Å². The first-order valence-electron chi connectivity index (χ1n) is 10.5. The Kier molecular flexibility index (Phi) is 7.06. The van der Waals surface area contributed by atoms with E-state index in [9.17, 15) is 18.4 Å². The number of benzene rings is 3. The number of amides is 2. The second-order valence-corrected chi connectivity index (χ2v) is 7.41. The van der Waals surface area contributed by atoms with Crippen molar-refractivity contribution in [2.45, 2.75) is 6.04 Å². The average Bonchev–Trinajstić information content (AvgIpc) is 2.89. The standard InChI is InChI=1S/C26H20F2N4O3/c1-35-22-12-2-17(3-13-22)24(25(33)31-20-8-4-18(27)5-9-20)32(21-10-6-19(28)7-11-21)26(34)23-16-29-14-15-30-23/h2-16,24H,1H3,(H,31,33)/t24-/m1/s1. The van der Waals surface area contributed by atoms with E-state index in [2.05, 4.69) is 15.3 Å². The van der Waals surface area contributed by atoms with Crippen LogP contribution in [0, 0.1) is 11.6 Å². The van der Waals surface area contributed by atoms with Crippen molar-refractivity contribution in [2.75, 3.05) is 17.3 Å². The molecule has 1 heterocycles. The first-order valence-corrected chi connectivity index (χ1v) is 10.5. The number of methoxy groups -OCH3 is 1. The SMILES string of the molecule is COc1ccc([C@H](C(=O)Nc2ccc(F)cc2)N(C(=O)c2cnccn2)c2ccc(F)cc2)cc1. The molecule has 0 spiro atoms. The minimum atomic E-state index is -1.20. The van der Waals surface area contributed by atoms with Crippen LogP contribution in [0.1, 0.15) is 22.1 Å². The lowest BCUT2D eigenvalue weighted by Crippen LogP contribution is -2.42. The van der Waals surface area contributed by atoms with Gasteiger partial charge in [-0.3, -0.25) is 19.5 Å². The molecule has 0 unspecified atom stereocenters. The van der Waals surface area contributed by atoms with Gasteiger partial charge >= 0.3 is 0 Å². The Morgan fingerprint density at radius 3 is 2.09 bits per heavy atom. The third-order valence-corrected chi connectivity index (χ3v) is 5.16. The topological polar surface area (TPSA) is 84.4 Å². The number of nitrogens with one attached hydrogen (secondary N) is 1. The highest BCUT2D eigenvalue weighted by Gasteiger charge is 2.34. The Morgan fingerprint density at radius 1 is 0.886 bits per heavy atom. The highest BCUT2D eigenvalue weighted by Crippen LogP contribution is 2.31. The van der Waals surface area contributed by atoms with Crippen LogP contribution in [-0.4, -0.2) is 28.9 Å². The summed E-state index contributed by atoms with van der Waals surface area (Å²) in [6.45, 7) is 0. The van der Waals surface area contributed by atoms with Gasteiger partial charge in [0.25, 0.3) is 11.8 Å². The number of hydrogen-bond acceptors (Lipinski definition) is 5. The molecule has 0 aliphatic heterocycles. The number of nitrogens with zero attached hydrogens (tertiary/aromatic N) is 3. The molecule has 0 radical (unpaired) electrons. The van der Waals surface area contributed by atoms with Crippen molar-refractivity contribution >= 4 is 23.2 Å². The number of aromatic nitrogens is 2. The summed E-state index contributed by atoms with van der Waals surface area (Å²) in [6.07, 6.45) is 4.06. The molecular weight excluding hydrogens is 454 g/mol. The number of carbonyl (C=O) groups is 2. The number of carbonyl (C=O) groups excluding carboxylic acids is 2. The summed E-state index contributed by atoms with van der Waals surface area (Å²) in [7, 11) is 1.51. The van der Waals surface area contributed by atoms with Crippen molar-refractivity contribution in [1.82, 2.24) is 9.97 Å². The van der Waals surface area contributed by atoms with Crippen LogP contribution in [0.25, 0.3) is 0 Å². The van der Waals surface area contributed by atoms with Gasteiger partial charge in [0.2, 0.25) is 0 Å². The van der Waals surface area contributed by atoms with Crippen molar-refractivity contribution in [3.63, 3.8) is 0 Å². The molecule has 176 valence electrons. The van der Waals surface area contributed by atoms with Gasteiger partial charge in [-0.25, -0.2) is 13.8 Å². The molecule has 0 saturated heterocycles. The normalized spacial score (nSPS) is 11.4. The summed E-state index contributed by atoms with van der Waals surface area (Å²) >= 11 is 0. The molecule has 3 aromatic carbocycles. The van der Waals surface area contributed by atoms with Crippen molar-refractivity contribution < 1.29 is 23.1 Å². The van der Waals surface area contributed by atoms with E-state index in [1.54, 1.807) is 24.3 Å². The van der Waals surface area contributed by atoms with Gasteiger partial charge in [0.15, 0.2) is 0 Å². The molecule has 9 heteroatoms. The summed E-state index contributed by atoms with van der Waals surface area (Å²) < 4.78 is 32.3. The lowest BCUT2D eigenvalue weighted by atomic mass is 10.0. The van der Waals surface area contributed by atoms with Gasteiger partial charge in [-0.15, -0.1) is 0 Å². The second-order valence-electron chi connectivity index (χ2n) is 7.41. The van der Waals surface area contributed by atoms with E-state index in [0.717, 1.165) is 0 Å². The van der Waals surface area contributed by atoms with Gasteiger partial charge in [0.05, 0.1) is 13.3 Å².